The molecule has 2 heterocycles. The summed E-state index contributed by atoms with van der Waals surface area (Å²) in [4.78, 5) is 25.5. The van der Waals surface area contributed by atoms with Gasteiger partial charge in [0.25, 0.3) is 5.91 Å². The molecule has 1 aromatic carbocycles. The van der Waals surface area contributed by atoms with E-state index in [2.05, 4.69) is 10.5 Å². The standard InChI is InChI=1S/C19H17ClN2O4S/c1-12-17(18(22-26-12)14-6-2-3-7-15(14)20)19(24)25-11-16(23)21-9-8-13-5-4-10-27-13/h2-7,10H,8-9,11H2,1H3,(H,21,23). The van der Waals surface area contributed by atoms with Gasteiger partial charge in [-0.1, -0.05) is 41.0 Å². The molecule has 0 fully saturated rings. The van der Waals surface area contributed by atoms with Crippen molar-refractivity contribution < 1.29 is 18.8 Å². The van der Waals surface area contributed by atoms with Crippen molar-refractivity contribution in [1.82, 2.24) is 10.5 Å². The van der Waals surface area contributed by atoms with Crippen LogP contribution in [0.4, 0.5) is 0 Å². The van der Waals surface area contributed by atoms with Crippen LogP contribution < -0.4 is 5.32 Å². The van der Waals surface area contributed by atoms with Crippen LogP contribution in [-0.2, 0) is 16.0 Å². The van der Waals surface area contributed by atoms with E-state index < -0.39 is 5.97 Å². The van der Waals surface area contributed by atoms with E-state index in [0.717, 1.165) is 6.42 Å². The van der Waals surface area contributed by atoms with Gasteiger partial charge >= 0.3 is 5.97 Å². The number of aromatic nitrogens is 1. The Morgan fingerprint density at radius 2 is 2.07 bits per heavy atom. The summed E-state index contributed by atoms with van der Waals surface area (Å²) < 4.78 is 10.3. The molecule has 3 rings (SSSR count). The fourth-order valence-electron chi connectivity index (χ4n) is 2.48. The van der Waals surface area contributed by atoms with Gasteiger partial charge < -0.3 is 14.6 Å². The fraction of sp³-hybridized carbons (Fsp3) is 0.211. The minimum absolute atomic E-state index is 0.162. The van der Waals surface area contributed by atoms with Crippen molar-refractivity contribution in [2.75, 3.05) is 13.2 Å². The van der Waals surface area contributed by atoms with Crippen molar-refractivity contribution in [3.63, 3.8) is 0 Å². The van der Waals surface area contributed by atoms with Gasteiger partial charge in [-0.05, 0) is 30.9 Å². The number of halogens is 1. The summed E-state index contributed by atoms with van der Waals surface area (Å²) in [7, 11) is 0. The number of hydrogen-bond acceptors (Lipinski definition) is 6. The molecule has 1 N–H and O–H groups in total. The topological polar surface area (TPSA) is 81.4 Å². The molecule has 0 spiro atoms. The van der Waals surface area contributed by atoms with Crippen LogP contribution in [0.2, 0.25) is 5.02 Å². The van der Waals surface area contributed by atoms with Crippen molar-refractivity contribution in [2.45, 2.75) is 13.3 Å². The molecule has 140 valence electrons. The van der Waals surface area contributed by atoms with Crippen LogP contribution in [0.1, 0.15) is 21.0 Å². The van der Waals surface area contributed by atoms with E-state index in [1.54, 1.807) is 42.5 Å². The van der Waals surface area contributed by atoms with Gasteiger partial charge in [-0.2, -0.15) is 0 Å². The monoisotopic (exact) mass is 404 g/mol. The molecule has 6 nitrogen and oxygen atoms in total. The number of rotatable bonds is 7. The molecule has 8 heteroatoms. The first-order valence-corrected chi connectivity index (χ1v) is 9.49. The Kier molecular flexibility index (Phi) is 6.26. The lowest BCUT2D eigenvalue weighted by Gasteiger charge is -2.07. The number of hydrogen-bond donors (Lipinski definition) is 1. The summed E-state index contributed by atoms with van der Waals surface area (Å²) in [5.41, 5.74) is 1.01. The number of aryl methyl sites for hydroxylation is 1. The van der Waals surface area contributed by atoms with Gasteiger partial charge in [-0.25, -0.2) is 4.79 Å². The van der Waals surface area contributed by atoms with E-state index in [1.165, 1.54) is 4.88 Å². The Labute approximate surface area is 165 Å². The second kappa shape index (κ2) is 8.83. The van der Waals surface area contributed by atoms with Crippen molar-refractivity contribution >= 4 is 34.8 Å². The molecule has 0 radical (unpaired) electrons. The van der Waals surface area contributed by atoms with Crippen LogP contribution in [0, 0.1) is 6.92 Å². The van der Waals surface area contributed by atoms with E-state index in [9.17, 15) is 9.59 Å². The molecule has 0 aliphatic carbocycles. The second-order valence-corrected chi connectivity index (χ2v) is 7.14. The maximum Gasteiger partial charge on any atom is 0.344 e. The molecule has 27 heavy (non-hydrogen) atoms. The number of ether oxygens (including phenoxy) is 1. The minimum atomic E-state index is -0.683. The Hall–Kier alpha value is -2.64. The zero-order valence-electron chi connectivity index (χ0n) is 14.5. The second-order valence-electron chi connectivity index (χ2n) is 5.70. The lowest BCUT2D eigenvalue weighted by molar-refractivity contribution is -0.124. The molecule has 0 aliphatic heterocycles. The predicted octanol–water partition coefficient (Wildman–Crippen LogP) is 3.88. The summed E-state index contributed by atoms with van der Waals surface area (Å²) in [6.45, 7) is 1.70. The van der Waals surface area contributed by atoms with Crippen LogP contribution >= 0.6 is 22.9 Å². The Morgan fingerprint density at radius 1 is 1.26 bits per heavy atom. The number of carbonyl (C=O) groups is 2. The van der Waals surface area contributed by atoms with Crippen molar-refractivity contribution in [1.29, 1.82) is 0 Å². The van der Waals surface area contributed by atoms with Crippen molar-refractivity contribution in [3.05, 3.63) is 63.0 Å². The molecule has 0 atom stereocenters. The molecule has 0 saturated heterocycles. The highest BCUT2D eigenvalue weighted by Crippen LogP contribution is 2.31. The number of esters is 1. The third kappa shape index (κ3) is 4.75. The molecule has 0 saturated carbocycles. The first kappa shape index (κ1) is 19.1. The van der Waals surface area contributed by atoms with Gasteiger partial charge in [0.2, 0.25) is 0 Å². The number of carbonyl (C=O) groups excluding carboxylic acids is 2. The van der Waals surface area contributed by atoms with Crippen molar-refractivity contribution in [2.24, 2.45) is 0 Å². The first-order chi connectivity index (χ1) is 13.1. The van der Waals surface area contributed by atoms with E-state index in [4.69, 9.17) is 20.9 Å². The number of amides is 1. The largest absolute Gasteiger partial charge is 0.452 e. The third-order valence-corrected chi connectivity index (χ3v) is 5.07. The number of nitrogens with zero attached hydrogens (tertiary/aromatic N) is 1. The molecule has 2 aromatic heterocycles. The van der Waals surface area contributed by atoms with Gasteiger partial charge in [-0.15, -0.1) is 11.3 Å². The highest BCUT2D eigenvalue weighted by Gasteiger charge is 2.24. The Balaban J connectivity index is 1.59. The van der Waals surface area contributed by atoms with Gasteiger partial charge in [0.05, 0.1) is 5.02 Å². The lowest BCUT2D eigenvalue weighted by Crippen LogP contribution is -2.30. The molecule has 3 aromatic rings. The summed E-state index contributed by atoms with van der Waals surface area (Å²) in [5, 5.41) is 9.05. The fourth-order valence-corrected chi connectivity index (χ4v) is 3.42. The van der Waals surface area contributed by atoms with Crippen LogP contribution in [0.25, 0.3) is 11.3 Å². The van der Waals surface area contributed by atoms with Crippen LogP contribution in [0.5, 0.6) is 0 Å². The maximum atomic E-state index is 12.5. The summed E-state index contributed by atoms with van der Waals surface area (Å²) in [6.07, 6.45) is 0.735. The molecule has 0 unspecified atom stereocenters. The molecular weight excluding hydrogens is 388 g/mol. The van der Waals surface area contributed by atoms with Gasteiger partial charge in [0, 0.05) is 17.0 Å². The average molecular weight is 405 g/mol. The normalized spacial score (nSPS) is 10.6. The molecule has 1 amide bonds. The highest BCUT2D eigenvalue weighted by molar-refractivity contribution is 7.09. The van der Waals surface area contributed by atoms with E-state index in [0.29, 0.717) is 28.6 Å². The van der Waals surface area contributed by atoms with Crippen LogP contribution in [-0.4, -0.2) is 30.2 Å². The van der Waals surface area contributed by atoms with E-state index >= 15 is 0 Å². The zero-order chi connectivity index (χ0) is 19.2. The highest BCUT2D eigenvalue weighted by atomic mass is 35.5. The van der Waals surface area contributed by atoms with Gasteiger partial charge in [0.15, 0.2) is 6.61 Å². The molecule has 0 bridgehead atoms. The number of thiophene rings is 1. The van der Waals surface area contributed by atoms with E-state index in [-0.39, 0.29) is 18.1 Å². The lowest BCUT2D eigenvalue weighted by atomic mass is 10.1. The maximum absolute atomic E-state index is 12.5. The average Bonchev–Trinajstić information content (AvgIpc) is 3.30. The Bertz CT molecular complexity index is 937. The SMILES string of the molecule is Cc1onc(-c2ccccc2Cl)c1C(=O)OCC(=O)NCCc1cccs1. The first-order valence-electron chi connectivity index (χ1n) is 8.23. The van der Waals surface area contributed by atoms with Crippen molar-refractivity contribution in [3.8, 4) is 11.3 Å². The third-order valence-electron chi connectivity index (χ3n) is 3.80. The summed E-state index contributed by atoms with van der Waals surface area (Å²) in [6, 6.07) is 10.9. The predicted molar refractivity (Wildman–Crippen MR) is 103 cm³/mol. The molecular formula is C19H17ClN2O4S. The summed E-state index contributed by atoms with van der Waals surface area (Å²) in [5.74, 6) is -0.751. The molecule has 0 aliphatic rings. The summed E-state index contributed by atoms with van der Waals surface area (Å²) >= 11 is 7.80. The van der Waals surface area contributed by atoms with Gasteiger partial charge in [0.1, 0.15) is 17.0 Å². The number of nitrogens with one attached hydrogen (secondary N) is 1. The smallest absolute Gasteiger partial charge is 0.344 e. The zero-order valence-corrected chi connectivity index (χ0v) is 16.1. The van der Waals surface area contributed by atoms with Gasteiger partial charge in [-0.3, -0.25) is 4.79 Å². The van der Waals surface area contributed by atoms with E-state index in [1.807, 2.05) is 17.5 Å². The number of benzene rings is 1. The quantitative estimate of drug-likeness (QED) is 0.604. The minimum Gasteiger partial charge on any atom is -0.452 e. The van der Waals surface area contributed by atoms with Crippen LogP contribution in [0.3, 0.4) is 0 Å². The Morgan fingerprint density at radius 3 is 2.81 bits per heavy atom. The van der Waals surface area contributed by atoms with Crippen LogP contribution in [0.15, 0.2) is 46.3 Å².